The standard InChI is InChI=1S/C12H14F2N2O/c13-10-3-1-2-9(11(10)14)12(17)16-5-4-8(6-15)7-16/h1-3,8H,4-7,15H2. The summed E-state index contributed by atoms with van der Waals surface area (Å²) in [5.41, 5.74) is 5.31. The van der Waals surface area contributed by atoms with Crippen LogP contribution in [0.1, 0.15) is 16.8 Å². The van der Waals surface area contributed by atoms with Crippen LogP contribution in [-0.4, -0.2) is 30.4 Å². The molecule has 0 aromatic heterocycles. The van der Waals surface area contributed by atoms with Crippen LogP contribution in [-0.2, 0) is 0 Å². The smallest absolute Gasteiger partial charge is 0.256 e. The lowest BCUT2D eigenvalue weighted by Gasteiger charge is -2.16. The molecule has 1 unspecified atom stereocenters. The van der Waals surface area contributed by atoms with E-state index in [-0.39, 0.29) is 11.5 Å². The van der Waals surface area contributed by atoms with Crippen LogP contribution in [0.3, 0.4) is 0 Å². The molecular weight excluding hydrogens is 226 g/mol. The Morgan fingerprint density at radius 2 is 2.24 bits per heavy atom. The van der Waals surface area contributed by atoms with Gasteiger partial charge in [-0.15, -0.1) is 0 Å². The second-order valence-electron chi connectivity index (χ2n) is 4.24. The van der Waals surface area contributed by atoms with Gasteiger partial charge >= 0.3 is 0 Å². The van der Waals surface area contributed by atoms with Gasteiger partial charge in [-0.3, -0.25) is 4.79 Å². The third-order valence-electron chi connectivity index (χ3n) is 3.09. The van der Waals surface area contributed by atoms with E-state index in [4.69, 9.17) is 5.73 Å². The molecule has 1 aliphatic rings. The average Bonchev–Trinajstić information content (AvgIpc) is 2.80. The first-order valence-corrected chi connectivity index (χ1v) is 5.57. The average molecular weight is 240 g/mol. The van der Waals surface area contributed by atoms with Crippen molar-refractivity contribution >= 4 is 5.91 Å². The Bertz CT molecular complexity index is 437. The molecule has 1 heterocycles. The lowest BCUT2D eigenvalue weighted by molar-refractivity contribution is 0.0782. The molecule has 0 aliphatic carbocycles. The van der Waals surface area contributed by atoms with Crippen molar-refractivity contribution in [3.63, 3.8) is 0 Å². The molecule has 2 N–H and O–H groups in total. The molecule has 3 nitrogen and oxygen atoms in total. The SMILES string of the molecule is NCC1CCN(C(=O)c2cccc(F)c2F)C1. The number of amides is 1. The van der Waals surface area contributed by atoms with E-state index in [1.165, 1.54) is 17.0 Å². The zero-order chi connectivity index (χ0) is 12.4. The maximum atomic E-state index is 13.4. The molecular formula is C12H14F2N2O. The van der Waals surface area contributed by atoms with Crippen LogP contribution in [0.25, 0.3) is 0 Å². The molecule has 0 bridgehead atoms. The molecule has 0 spiro atoms. The molecule has 17 heavy (non-hydrogen) atoms. The lowest BCUT2D eigenvalue weighted by Crippen LogP contribution is -2.30. The molecule has 5 heteroatoms. The minimum Gasteiger partial charge on any atom is -0.338 e. The van der Waals surface area contributed by atoms with Gasteiger partial charge in [0.05, 0.1) is 5.56 Å². The highest BCUT2D eigenvalue weighted by atomic mass is 19.2. The second-order valence-corrected chi connectivity index (χ2v) is 4.24. The molecule has 1 amide bonds. The third-order valence-corrected chi connectivity index (χ3v) is 3.09. The van der Waals surface area contributed by atoms with Gasteiger partial charge in [0, 0.05) is 13.1 Å². The Kier molecular flexibility index (Phi) is 3.38. The van der Waals surface area contributed by atoms with Crippen LogP contribution in [0, 0.1) is 17.6 Å². The Hall–Kier alpha value is -1.49. The van der Waals surface area contributed by atoms with Gasteiger partial charge in [0.15, 0.2) is 11.6 Å². The zero-order valence-electron chi connectivity index (χ0n) is 9.33. The summed E-state index contributed by atoms with van der Waals surface area (Å²) in [4.78, 5) is 13.5. The fraction of sp³-hybridized carbons (Fsp3) is 0.417. The van der Waals surface area contributed by atoms with E-state index in [1.54, 1.807) is 0 Å². The van der Waals surface area contributed by atoms with Crippen molar-refractivity contribution in [3.8, 4) is 0 Å². The van der Waals surface area contributed by atoms with Gasteiger partial charge in [0.2, 0.25) is 0 Å². The number of carbonyl (C=O) groups is 1. The fourth-order valence-electron chi connectivity index (χ4n) is 2.05. The van der Waals surface area contributed by atoms with Crippen molar-refractivity contribution in [2.45, 2.75) is 6.42 Å². The van der Waals surface area contributed by atoms with Gasteiger partial charge < -0.3 is 10.6 Å². The maximum Gasteiger partial charge on any atom is 0.256 e. The molecule has 92 valence electrons. The van der Waals surface area contributed by atoms with Gasteiger partial charge in [0.25, 0.3) is 5.91 Å². The number of carbonyl (C=O) groups excluding carboxylic acids is 1. The molecule has 0 radical (unpaired) electrons. The van der Waals surface area contributed by atoms with Crippen LogP contribution in [0.15, 0.2) is 18.2 Å². The number of nitrogens with two attached hydrogens (primary N) is 1. The summed E-state index contributed by atoms with van der Waals surface area (Å²) in [5, 5.41) is 0. The molecule has 2 rings (SSSR count). The first-order chi connectivity index (χ1) is 8.13. The summed E-state index contributed by atoms with van der Waals surface area (Å²) in [5.74, 6) is -2.27. The first-order valence-electron chi connectivity index (χ1n) is 5.57. The van der Waals surface area contributed by atoms with Crippen molar-refractivity contribution in [2.75, 3.05) is 19.6 Å². The fourth-order valence-corrected chi connectivity index (χ4v) is 2.05. The van der Waals surface area contributed by atoms with Crippen LogP contribution in [0.5, 0.6) is 0 Å². The first kappa shape index (κ1) is 12.0. The molecule has 1 aromatic rings. The summed E-state index contributed by atoms with van der Waals surface area (Å²) in [7, 11) is 0. The van der Waals surface area contributed by atoms with E-state index < -0.39 is 17.5 Å². The van der Waals surface area contributed by atoms with Crippen LogP contribution >= 0.6 is 0 Å². The molecule has 1 saturated heterocycles. The van der Waals surface area contributed by atoms with E-state index in [9.17, 15) is 13.6 Å². The summed E-state index contributed by atoms with van der Waals surface area (Å²) in [6.45, 7) is 1.58. The molecule has 1 atom stereocenters. The summed E-state index contributed by atoms with van der Waals surface area (Å²) < 4.78 is 26.4. The van der Waals surface area contributed by atoms with E-state index in [0.29, 0.717) is 19.6 Å². The minimum atomic E-state index is -1.08. The van der Waals surface area contributed by atoms with Crippen molar-refractivity contribution in [1.82, 2.24) is 4.90 Å². The predicted molar refractivity (Wildman–Crippen MR) is 59.4 cm³/mol. The molecule has 0 saturated carbocycles. The Morgan fingerprint density at radius 1 is 1.47 bits per heavy atom. The Balaban J connectivity index is 2.18. The number of halogens is 2. The van der Waals surface area contributed by atoms with Crippen molar-refractivity contribution in [1.29, 1.82) is 0 Å². The van der Waals surface area contributed by atoms with E-state index in [2.05, 4.69) is 0 Å². The largest absolute Gasteiger partial charge is 0.338 e. The maximum absolute atomic E-state index is 13.4. The normalized spacial score (nSPS) is 19.7. The van der Waals surface area contributed by atoms with Crippen LogP contribution in [0.2, 0.25) is 0 Å². The third kappa shape index (κ3) is 2.29. The predicted octanol–water partition coefficient (Wildman–Crippen LogP) is 1.39. The van der Waals surface area contributed by atoms with Gasteiger partial charge in [0.1, 0.15) is 0 Å². The number of hydrogen-bond donors (Lipinski definition) is 1. The summed E-state index contributed by atoms with van der Waals surface area (Å²) in [6.07, 6.45) is 0.819. The van der Waals surface area contributed by atoms with Crippen molar-refractivity contribution < 1.29 is 13.6 Å². The van der Waals surface area contributed by atoms with Gasteiger partial charge in [-0.25, -0.2) is 8.78 Å². The van der Waals surface area contributed by atoms with Crippen molar-refractivity contribution in [2.24, 2.45) is 11.7 Å². The topological polar surface area (TPSA) is 46.3 Å². The monoisotopic (exact) mass is 240 g/mol. The number of rotatable bonds is 2. The summed E-state index contributed by atoms with van der Waals surface area (Å²) >= 11 is 0. The van der Waals surface area contributed by atoms with Gasteiger partial charge in [-0.05, 0) is 31.0 Å². The van der Waals surface area contributed by atoms with E-state index in [0.717, 1.165) is 12.5 Å². The number of nitrogens with zero attached hydrogens (tertiary/aromatic N) is 1. The van der Waals surface area contributed by atoms with Crippen LogP contribution < -0.4 is 5.73 Å². The van der Waals surface area contributed by atoms with Crippen LogP contribution in [0.4, 0.5) is 8.78 Å². The highest BCUT2D eigenvalue weighted by Gasteiger charge is 2.28. The van der Waals surface area contributed by atoms with E-state index >= 15 is 0 Å². The highest BCUT2D eigenvalue weighted by Crippen LogP contribution is 2.20. The number of likely N-dealkylation sites (tertiary alicyclic amines) is 1. The quantitative estimate of drug-likeness (QED) is 0.849. The molecule has 1 fully saturated rings. The molecule has 1 aromatic carbocycles. The van der Waals surface area contributed by atoms with Gasteiger partial charge in [-0.1, -0.05) is 6.07 Å². The summed E-state index contributed by atoms with van der Waals surface area (Å²) in [6, 6.07) is 3.64. The Morgan fingerprint density at radius 3 is 2.88 bits per heavy atom. The lowest BCUT2D eigenvalue weighted by atomic mass is 10.1. The van der Waals surface area contributed by atoms with Gasteiger partial charge in [-0.2, -0.15) is 0 Å². The zero-order valence-corrected chi connectivity index (χ0v) is 9.33. The minimum absolute atomic E-state index is 0.206. The number of hydrogen-bond acceptors (Lipinski definition) is 2. The van der Waals surface area contributed by atoms with Crippen molar-refractivity contribution in [3.05, 3.63) is 35.4 Å². The second kappa shape index (κ2) is 4.79. The Labute approximate surface area is 98.2 Å². The molecule has 1 aliphatic heterocycles. The number of benzene rings is 1. The van der Waals surface area contributed by atoms with E-state index in [1.807, 2.05) is 0 Å². The highest BCUT2D eigenvalue weighted by molar-refractivity contribution is 5.94.